The predicted octanol–water partition coefficient (Wildman–Crippen LogP) is 3.24. The van der Waals surface area contributed by atoms with Gasteiger partial charge < -0.3 is 4.74 Å². The van der Waals surface area contributed by atoms with Gasteiger partial charge >= 0.3 is 0 Å². The first kappa shape index (κ1) is 18.0. The van der Waals surface area contributed by atoms with Crippen molar-refractivity contribution in [3.63, 3.8) is 0 Å². The third-order valence-electron chi connectivity index (χ3n) is 3.30. The summed E-state index contributed by atoms with van der Waals surface area (Å²) in [6, 6.07) is 7.21. The summed E-state index contributed by atoms with van der Waals surface area (Å²) in [6.07, 6.45) is -0.877. The van der Waals surface area contributed by atoms with Crippen LogP contribution >= 0.6 is 22.7 Å². The summed E-state index contributed by atoms with van der Waals surface area (Å²) in [7, 11) is 0. The standard InChI is InChI=1S/C17H14FN3O3S2/c1-10(24-13-4-2-12(18)3-5-13)15(22)20-21-16(23)14-9-26-17(19-14)11-6-7-25-8-11/h2-10H,1H3,(H,20,22)(H,21,23)/t10-/m1/s1. The van der Waals surface area contributed by atoms with Gasteiger partial charge in [-0.05, 0) is 42.6 Å². The minimum Gasteiger partial charge on any atom is -0.481 e. The SMILES string of the molecule is C[C@@H](Oc1ccc(F)cc1)C(=O)NNC(=O)c1csc(-c2ccsc2)n1. The van der Waals surface area contributed by atoms with E-state index in [1.807, 2.05) is 16.8 Å². The number of hydrogen-bond acceptors (Lipinski definition) is 6. The Hall–Kier alpha value is -2.78. The maximum absolute atomic E-state index is 12.9. The third kappa shape index (κ3) is 4.44. The number of nitrogens with zero attached hydrogens (tertiary/aromatic N) is 1. The largest absolute Gasteiger partial charge is 0.481 e. The van der Waals surface area contributed by atoms with Gasteiger partial charge in [-0.25, -0.2) is 9.37 Å². The van der Waals surface area contributed by atoms with E-state index < -0.39 is 23.7 Å². The van der Waals surface area contributed by atoms with Gasteiger partial charge in [-0.1, -0.05) is 0 Å². The first-order valence-corrected chi connectivity index (χ1v) is 9.35. The van der Waals surface area contributed by atoms with Crippen molar-refractivity contribution in [2.24, 2.45) is 0 Å². The molecular formula is C17H14FN3O3S2. The van der Waals surface area contributed by atoms with Crippen LogP contribution in [0.25, 0.3) is 10.6 Å². The maximum Gasteiger partial charge on any atom is 0.289 e. The van der Waals surface area contributed by atoms with E-state index in [-0.39, 0.29) is 5.69 Å². The lowest BCUT2D eigenvalue weighted by Gasteiger charge is -2.14. The number of thiazole rings is 1. The van der Waals surface area contributed by atoms with Crippen LogP contribution in [-0.2, 0) is 4.79 Å². The summed E-state index contributed by atoms with van der Waals surface area (Å²) in [5.74, 6) is -1.12. The lowest BCUT2D eigenvalue weighted by molar-refractivity contribution is -0.128. The van der Waals surface area contributed by atoms with Crippen LogP contribution in [0, 0.1) is 5.82 Å². The van der Waals surface area contributed by atoms with Crippen molar-refractivity contribution in [1.29, 1.82) is 0 Å². The fourth-order valence-electron chi connectivity index (χ4n) is 1.95. The van der Waals surface area contributed by atoms with Crippen LogP contribution in [0.15, 0.2) is 46.5 Å². The number of carbonyl (C=O) groups excluding carboxylic acids is 2. The second-order valence-corrected chi connectivity index (χ2v) is 6.85. The number of ether oxygens (including phenoxy) is 1. The summed E-state index contributed by atoms with van der Waals surface area (Å²) >= 11 is 2.89. The topological polar surface area (TPSA) is 80.3 Å². The molecule has 2 aromatic heterocycles. The quantitative estimate of drug-likeness (QED) is 0.655. The van der Waals surface area contributed by atoms with E-state index in [1.54, 1.807) is 16.7 Å². The first-order chi connectivity index (χ1) is 12.5. The molecule has 134 valence electrons. The zero-order valence-electron chi connectivity index (χ0n) is 13.6. The summed E-state index contributed by atoms with van der Waals surface area (Å²) in [5, 5.41) is 6.22. The normalized spacial score (nSPS) is 11.6. The molecule has 2 amide bonds. The molecule has 0 saturated carbocycles. The van der Waals surface area contributed by atoms with Gasteiger partial charge in [0.1, 0.15) is 22.3 Å². The van der Waals surface area contributed by atoms with Crippen molar-refractivity contribution in [1.82, 2.24) is 15.8 Å². The third-order valence-corrected chi connectivity index (χ3v) is 4.87. The van der Waals surface area contributed by atoms with Crippen molar-refractivity contribution in [2.75, 3.05) is 0 Å². The number of thiophene rings is 1. The highest BCUT2D eigenvalue weighted by Gasteiger charge is 2.17. The first-order valence-electron chi connectivity index (χ1n) is 7.53. The van der Waals surface area contributed by atoms with Gasteiger partial charge in [0.25, 0.3) is 11.8 Å². The minimum absolute atomic E-state index is 0.212. The Labute approximate surface area is 156 Å². The molecule has 0 saturated heterocycles. The predicted molar refractivity (Wildman–Crippen MR) is 97.5 cm³/mol. The molecular weight excluding hydrogens is 377 g/mol. The van der Waals surface area contributed by atoms with E-state index in [0.717, 1.165) is 10.6 Å². The molecule has 3 aromatic rings. The average Bonchev–Trinajstić information content (AvgIpc) is 3.32. The van der Waals surface area contributed by atoms with Crippen LogP contribution in [-0.4, -0.2) is 22.9 Å². The number of halogens is 1. The molecule has 0 fully saturated rings. The van der Waals surface area contributed by atoms with Gasteiger partial charge in [0.15, 0.2) is 6.10 Å². The number of amides is 2. The maximum atomic E-state index is 12.9. The number of hydrogen-bond donors (Lipinski definition) is 2. The van der Waals surface area contributed by atoms with Crippen molar-refractivity contribution in [2.45, 2.75) is 13.0 Å². The van der Waals surface area contributed by atoms with Crippen LogP contribution in [0.3, 0.4) is 0 Å². The number of carbonyl (C=O) groups is 2. The monoisotopic (exact) mass is 391 g/mol. The zero-order valence-corrected chi connectivity index (χ0v) is 15.2. The smallest absolute Gasteiger partial charge is 0.289 e. The molecule has 0 aliphatic rings. The number of nitrogens with one attached hydrogen (secondary N) is 2. The summed E-state index contributed by atoms with van der Waals surface area (Å²) < 4.78 is 18.2. The van der Waals surface area contributed by atoms with E-state index in [1.165, 1.54) is 42.5 Å². The Morgan fingerprint density at radius 3 is 2.62 bits per heavy atom. The highest BCUT2D eigenvalue weighted by Crippen LogP contribution is 2.25. The lowest BCUT2D eigenvalue weighted by atomic mass is 10.3. The number of rotatable bonds is 5. The molecule has 2 heterocycles. The fraction of sp³-hybridized carbons (Fsp3) is 0.118. The highest BCUT2D eigenvalue weighted by atomic mass is 32.1. The summed E-state index contributed by atoms with van der Waals surface area (Å²) in [5.41, 5.74) is 5.75. The summed E-state index contributed by atoms with van der Waals surface area (Å²) in [4.78, 5) is 28.3. The molecule has 1 atom stereocenters. The Bertz CT molecular complexity index is 894. The van der Waals surface area contributed by atoms with Crippen molar-refractivity contribution < 1.29 is 18.7 Å². The van der Waals surface area contributed by atoms with Gasteiger partial charge in [0.2, 0.25) is 0 Å². The molecule has 0 radical (unpaired) electrons. The molecule has 9 heteroatoms. The number of aromatic nitrogens is 1. The molecule has 0 bridgehead atoms. The molecule has 3 rings (SSSR count). The molecule has 2 N–H and O–H groups in total. The Balaban J connectivity index is 1.52. The molecule has 0 unspecified atom stereocenters. The van der Waals surface area contributed by atoms with Crippen LogP contribution in [0.1, 0.15) is 17.4 Å². The van der Waals surface area contributed by atoms with Crippen LogP contribution < -0.4 is 15.6 Å². The van der Waals surface area contributed by atoms with Gasteiger partial charge in [-0.3, -0.25) is 20.4 Å². The Kier molecular flexibility index (Phi) is 5.59. The number of hydrazine groups is 1. The molecule has 26 heavy (non-hydrogen) atoms. The van der Waals surface area contributed by atoms with Gasteiger partial charge in [-0.15, -0.1) is 11.3 Å². The van der Waals surface area contributed by atoms with Gasteiger partial charge in [-0.2, -0.15) is 11.3 Å². The van der Waals surface area contributed by atoms with Crippen LogP contribution in [0.2, 0.25) is 0 Å². The molecule has 0 aliphatic heterocycles. The second-order valence-electron chi connectivity index (χ2n) is 5.21. The number of benzene rings is 1. The minimum atomic E-state index is -0.877. The highest BCUT2D eigenvalue weighted by molar-refractivity contribution is 7.14. The summed E-state index contributed by atoms with van der Waals surface area (Å²) in [6.45, 7) is 1.52. The van der Waals surface area contributed by atoms with Gasteiger partial charge in [0, 0.05) is 16.3 Å². The molecule has 6 nitrogen and oxygen atoms in total. The van der Waals surface area contributed by atoms with Gasteiger partial charge in [0.05, 0.1) is 0 Å². The Morgan fingerprint density at radius 1 is 1.15 bits per heavy atom. The fourth-order valence-corrected chi connectivity index (χ4v) is 3.46. The van der Waals surface area contributed by atoms with E-state index in [4.69, 9.17) is 4.74 Å². The lowest BCUT2D eigenvalue weighted by Crippen LogP contribution is -2.47. The molecule has 0 aliphatic carbocycles. The Morgan fingerprint density at radius 2 is 1.92 bits per heavy atom. The molecule has 0 spiro atoms. The zero-order chi connectivity index (χ0) is 18.5. The van der Waals surface area contributed by atoms with E-state index in [2.05, 4.69) is 15.8 Å². The second kappa shape index (κ2) is 8.07. The molecule has 1 aromatic carbocycles. The van der Waals surface area contributed by atoms with E-state index in [0.29, 0.717) is 5.75 Å². The van der Waals surface area contributed by atoms with E-state index in [9.17, 15) is 14.0 Å². The van der Waals surface area contributed by atoms with Crippen molar-refractivity contribution in [3.05, 3.63) is 58.0 Å². The van der Waals surface area contributed by atoms with Crippen molar-refractivity contribution in [3.8, 4) is 16.3 Å². The van der Waals surface area contributed by atoms with Crippen LogP contribution in [0.4, 0.5) is 4.39 Å². The average molecular weight is 391 g/mol. The van der Waals surface area contributed by atoms with E-state index >= 15 is 0 Å². The van der Waals surface area contributed by atoms with Crippen LogP contribution in [0.5, 0.6) is 5.75 Å². The van der Waals surface area contributed by atoms with Crippen molar-refractivity contribution >= 4 is 34.5 Å².